The molecular weight excluding hydrogens is 291 g/mol. The van der Waals surface area contributed by atoms with Gasteiger partial charge in [0, 0.05) is 34.7 Å². The van der Waals surface area contributed by atoms with Gasteiger partial charge in [-0.25, -0.2) is 0 Å². The first-order valence-corrected chi connectivity index (χ1v) is 8.06. The number of hydrogen-bond acceptors (Lipinski definition) is 2. The van der Waals surface area contributed by atoms with E-state index in [0.29, 0.717) is 18.5 Å². The molecule has 1 rings (SSSR count). The standard InChI is InChI=1S/C16H26Cl2N2/c1-5-12(6-2)16(20(3)4)11-19-10-13-14(17)8-7-9-15(13)18/h7-9,12,16,19H,5-6,10-11H2,1-4H3. The molecular formula is C16H26Cl2N2. The lowest BCUT2D eigenvalue weighted by Gasteiger charge is -2.31. The van der Waals surface area contributed by atoms with E-state index < -0.39 is 0 Å². The molecule has 0 aliphatic heterocycles. The van der Waals surface area contributed by atoms with Crippen LogP contribution in [0.2, 0.25) is 10.0 Å². The highest BCUT2D eigenvalue weighted by atomic mass is 35.5. The number of likely N-dealkylation sites (N-methyl/N-ethyl adjacent to an activating group) is 1. The average Bonchev–Trinajstić information content (AvgIpc) is 2.40. The first-order valence-electron chi connectivity index (χ1n) is 7.31. The molecule has 0 amide bonds. The van der Waals surface area contributed by atoms with Crippen LogP contribution in [-0.2, 0) is 6.54 Å². The molecule has 0 aromatic heterocycles. The van der Waals surface area contributed by atoms with Crippen molar-refractivity contribution in [3.05, 3.63) is 33.8 Å². The van der Waals surface area contributed by atoms with Crippen LogP contribution in [0.15, 0.2) is 18.2 Å². The summed E-state index contributed by atoms with van der Waals surface area (Å²) >= 11 is 12.4. The van der Waals surface area contributed by atoms with Gasteiger partial charge in [0.05, 0.1) is 0 Å². The van der Waals surface area contributed by atoms with E-state index in [1.54, 1.807) is 0 Å². The summed E-state index contributed by atoms with van der Waals surface area (Å²) in [5, 5.41) is 4.96. The highest BCUT2D eigenvalue weighted by Crippen LogP contribution is 2.24. The van der Waals surface area contributed by atoms with Crippen LogP contribution in [0.3, 0.4) is 0 Å². The molecule has 1 aromatic carbocycles. The van der Waals surface area contributed by atoms with Gasteiger partial charge < -0.3 is 10.2 Å². The molecule has 1 aromatic rings. The molecule has 1 unspecified atom stereocenters. The first kappa shape index (κ1) is 17.8. The Morgan fingerprint density at radius 3 is 2.10 bits per heavy atom. The molecule has 0 spiro atoms. The summed E-state index contributed by atoms with van der Waals surface area (Å²) in [5.41, 5.74) is 0.984. The van der Waals surface area contributed by atoms with Crippen molar-refractivity contribution in [2.45, 2.75) is 39.3 Å². The van der Waals surface area contributed by atoms with Gasteiger partial charge in [0.25, 0.3) is 0 Å². The fourth-order valence-electron chi connectivity index (χ4n) is 2.65. The van der Waals surface area contributed by atoms with Crippen molar-refractivity contribution in [2.75, 3.05) is 20.6 Å². The monoisotopic (exact) mass is 316 g/mol. The number of rotatable bonds is 8. The zero-order chi connectivity index (χ0) is 15.1. The molecule has 0 saturated heterocycles. The largest absolute Gasteiger partial charge is 0.311 e. The van der Waals surface area contributed by atoms with Gasteiger partial charge in [-0.15, -0.1) is 0 Å². The van der Waals surface area contributed by atoms with Gasteiger partial charge in [-0.05, 0) is 32.1 Å². The molecule has 0 aliphatic carbocycles. The summed E-state index contributed by atoms with van der Waals surface area (Å²) in [7, 11) is 4.29. The Bertz CT molecular complexity index is 383. The summed E-state index contributed by atoms with van der Waals surface area (Å²) in [6.45, 7) is 6.18. The number of nitrogens with zero attached hydrogens (tertiary/aromatic N) is 1. The number of halogens is 2. The maximum absolute atomic E-state index is 6.19. The molecule has 1 atom stereocenters. The average molecular weight is 317 g/mol. The second-order valence-electron chi connectivity index (χ2n) is 5.44. The second-order valence-corrected chi connectivity index (χ2v) is 6.25. The third-order valence-electron chi connectivity index (χ3n) is 3.97. The maximum atomic E-state index is 6.19. The van der Waals surface area contributed by atoms with E-state index >= 15 is 0 Å². The lowest BCUT2D eigenvalue weighted by atomic mass is 9.93. The molecule has 0 fully saturated rings. The van der Waals surface area contributed by atoms with Gasteiger partial charge in [0.15, 0.2) is 0 Å². The van der Waals surface area contributed by atoms with Crippen molar-refractivity contribution in [2.24, 2.45) is 5.92 Å². The predicted molar refractivity (Wildman–Crippen MR) is 89.7 cm³/mol. The maximum Gasteiger partial charge on any atom is 0.0465 e. The zero-order valence-electron chi connectivity index (χ0n) is 12.9. The molecule has 0 bridgehead atoms. The highest BCUT2D eigenvalue weighted by molar-refractivity contribution is 6.35. The van der Waals surface area contributed by atoms with Crippen molar-refractivity contribution in [1.29, 1.82) is 0 Å². The second kappa shape index (κ2) is 8.89. The van der Waals surface area contributed by atoms with Gasteiger partial charge in [0.1, 0.15) is 0 Å². The zero-order valence-corrected chi connectivity index (χ0v) is 14.4. The molecule has 0 saturated carbocycles. The van der Waals surface area contributed by atoms with E-state index in [0.717, 1.165) is 22.2 Å². The summed E-state index contributed by atoms with van der Waals surface area (Å²) in [6, 6.07) is 6.18. The summed E-state index contributed by atoms with van der Waals surface area (Å²) < 4.78 is 0. The summed E-state index contributed by atoms with van der Waals surface area (Å²) in [5.74, 6) is 0.708. The number of benzene rings is 1. The summed E-state index contributed by atoms with van der Waals surface area (Å²) in [4.78, 5) is 2.30. The SMILES string of the molecule is CCC(CC)C(CNCc1c(Cl)cccc1Cl)N(C)C. The minimum atomic E-state index is 0.534. The van der Waals surface area contributed by atoms with Gasteiger partial charge in [-0.2, -0.15) is 0 Å². The van der Waals surface area contributed by atoms with E-state index in [9.17, 15) is 0 Å². The molecule has 0 heterocycles. The third kappa shape index (κ3) is 4.92. The van der Waals surface area contributed by atoms with E-state index in [1.807, 2.05) is 18.2 Å². The van der Waals surface area contributed by atoms with E-state index in [-0.39, 0.29) is 0 Å². The van der Waals surface area contributed by atoms with Gasteiger partial charge in [-0.1, -0.05) is 56.0 Å². The fourth-order valence-corrected chi connectivity index (χ4v) is 3.18. The fraction of sp³-hybridized carbons (Fsp3) is 0.625. The highest BCUT2D eigenvalue weighted by Gasteiger charge is 2.20. The van der Waals surface area contributed by atoms with Crippen molar-refractivity contribution in [1.82, 2.24) is 10.2 Å². The molecule has 0 aliphatic rings. The van der Waals surface area contributed by atoms with Crippen LogP contribution in [0.4, 0.5) is 0 Å². The Labute approximate surface area is 133 Å². The third-order valence-corrected chi connectivity index (χ3v) is 4.68. The van der Waals surface area contributed by atoms with Crippen molar-refractivity contribution in [3.8, 4) is 0 Å². The van der Waals surface area contributed by atoms with Crippen LogP contribution in [-0.4, -0.2) is 31.6 Å². The van der Waals surface area contributed by atoms with Gasteiger partial charge in [0.2, 0.25) is 0 Å². The lowest BCUT2D eigenvalue weighted by Crippen LogP contribution is -2.42. The van der Waals surface area contributed by atoms with Gasteiger partial charge >= 0.3 is 0 Å². The van der Waals surface area contributed by atoms with Crippen molar-refractivity contribution < 1.29 is 0 Å². The molecule has 20 heavy (non-hydrogen) atoms. The molecule has 1 N–H and O–H groups in total. The molecule has 114 valence electrons. The minimum absolute atomic E-state index is 0.534. The Kier molecular flexibility index (Phi) is 7.90. The number of hydrogen-bond donors (Lipinski definition) is 1. The lowest BCUT2D eigenvalue weighted by molar-refractivity contribution is 0.194. The van der Waals surface area contributed by atoms with Crippen LogP contribution >= 0.6 is 23.2 Å². The van der Waals surface area contributed by atoms with E-state index in [1.165, 1.54) is 12.8 Å². The first-order chi connectivity index (χ1) is 9.51. The summed E-state index contributed by atoms with van der Waals surface area (Å²) in [6.07, 6.45) is 2.40. The van der Waals surface area contributed by atoms with Crippen LogP contribution in [0.1, 0.15) is 32.3 Å². The molecule has 0 radical (unpaired) electrons. The predicted octanol–water partition coefficient (Wildman–Crippen LogP) is 4.45. The van der Waals surface area contributed by atoms with Crippen LogP contribution in [0.5, 0.6) is 0 Å². The van der Waals surface area contributed by atoms with E-state index in [4.69, 9.17) is 23.2 Å². The normalized spacial score (nSPS) is 13.2. The minimum Gasteiger partial charge on any atom is -0.311 e. The Morgan fingerprint density at radius 1 is 1.10 bits per heavy atom. The number of nitrogens with one attached hydrogen (secondary N) is 1. The Morgan fingerprint density at radius 2 is 1.65 bits per heavy atom. The molecule has 4 heteroatoms. The Hall–Kier alpha value is -0.280. The van der Waals surface area contributed by atoms with Crippen LogP contribution in [0, 0.1) is 5.92 Å². The van der Waals surface area contributed by atoms with Crippen LogP contribution in [0.25, 0.3) is 0 Å². The topological polar surface area (TPSA) is 15.3 Å². The molecule has 2 nitrogen and oxygen atoms in total. The van der Waals surface area contributed by atoms with Crippen LogP contribution < -0.4 is 5.32 Å². The van der Waals surface area contributed by atoms with Crippen molar-refractivity contribution >= 4 is 23.2 Å². The van der Waals surface area contributed by atoms with Crippen molar-refractivity contribution in [3.63, 3.8) is 0 Å². The smallest absolute Gasteiger partial charge is 0.0465 e. The quantitative estimate of drug-likeness (QED) is 0.762. The Balaban J connectivity index is 2.61. The van der Waals surface area contributed by atoms with E-state index in [2.05, 4.69) is 38.2 Å². The van der Waals surface area contributed by atoms with Gasteiger partial charge in [-0.3, -0.25) is 0 Å².